The van der Waals surface area contributed by atoms with Gasteiger partial charge in [-0.25, -0.2) is 9.59 Å². The van der Waals surface area contributed by atoms with Gasteiger partial charge >= 0.3 is 12.1 Å². The Morgan fingerprint density at radius 2 is 1.95 bits per heavy atom. The summed E-state index contributed by atoms with van der Waals surface area (Å²) in [4.78, 5) is 23.5. The molecule has 1 atom stereocenters. The number of benzene rings is 1. The van der Waals surface area contributed by atoms with Crippen molar-refractivity contribution in [3.63, 3.8) is 0 Å². The second-order valence-corrected chi connectivity index (χ2v) is 6.60. The van der Waals surface area contributed by atoms with Gasteiger partial charge in [-0.1, -0.05) is 17.7 Å². The molecule has 0 bridgehead atoms. The summed E-state index contributed by atoms with van der Waals surface area (Å²) < 4.78 is 10.8. The third kappa shape index (κ3) is 5.93. The number of halogens is 2. The van der Waals surface area contributed by atoms with E-state index in [0.29, 0.717) is 9.50 Å². The molecule has 1 aromatic rings. The van der Waals surface area contributed by atoms with E-state index in [1.54, 1.807) is 39.0 Å². The van der Waals surface area contributed by atoms with Crippen LogP contribution in [0.25, 0.3) is 0 Å². The molecular formula is C14H17BrClNO4. The highest BCUT2D eigenvalue weighted by atomic mass is 79.9. The second kappa shape index (κ2) is 7.13. The number of hydrogen-bond donors (Lipinski definition) is 1. The molecule has 21 heavy (non-hydrogen) atoms. The Balaban J connectivity index is 2.65. The third-order valence-corrected chi connectivity index (χ3v) is 3.13. The quantitative estimate of drug-likeness (QED) is 0.639. The van der Waals surface area contributed by atoms with E-state index in [2.05, 4.69) is 21.2 Å². The lowest BCUT2D eigenvalue weighted by Crippen LogP contribution is -2.43. The summed E-state index contributed by atoms with van der Waals surface area (Å²) in [5.74, 6) is -0.434. The smallest absolute Gasteiger partial charge is 0.408 e. The van der Waals surface area contributed by atoms with Crippen LogP contribution in [-0.4, -0.2) is 23.7 Å². The van der Waals surface area contributed by atoms with Gasteiger partial charge in [0.1, 0.15) is 11.6 Å². The Kier molecular flexibility index (Phi) is 6.04. The number of nitrogens with one attached hydrogen (secondary N) is 1. The number of carbonyl (C=O) groups is 2. The first-order chi connectivity index (χ1) is 9.60. The van der Waals surface area contributed by atoms with Crippen LogP contribution in [0.4, 0.5) is 4.79 Å². The van der Waals surface area contributed by atoms with E-state index in [-0.39, 0.29) is 5.75 Å². The first kappa shape index (κ1) is 17.8. The average Bonchev–Trinajstić information content (AvgIpc) is 2.31. The van der Waals surface area contributed by atoms with Crippen molar-refractivity contribution in [2.24, 2.45) is 0 Å². The molecular weight excluding hydrogens is 362 g/mol. The number of hydrogen-bond acceptors (Lipinski definition) is 4. The summed E-state index contributed by atoms with van der Waals surface area (Å²) in [5, 5.41) is 2.69. The Labute approximate surface area is 137 Å². The van der Waals surface area contributed by atoms with Gasteiger partial charge in [0.25, 0.3) is 0 Å². The first-order valence-corrected chi connectivity index (χ1v) is 7.42. The molecule has 0 aliphatic rings. The maximum atomic E-state index is 11.9. The largest absolute Gasteiger partial charge is 0.444 e. The van der Waals surface area contributed by atoms with E-state index >= 15 is 0 Å². The zero-order chi connectivity index (χ0) is 16.2. The normalized spacial score (nSPS) is 12.5. The number of carbonyl (C=O) groups excluding carboxylic acids is 2. The fourth-order valence-electron chi connectivity index (χ4n) is 1.31. The Morgan fingerprint density at radius 1 is 1.33 bits per heavy atom. The van der Waals surface area contributed by atoms with E-state index in [9.17, 15) is 9.59 Å². The molecule has 5 nitrogen and oxygen atoms in total. The van der Waals surface area contributed by atoms with E-state index in [0.717, 1.165) is 0 Å². The van der Waals surface area contributed by atoms with Gasteiger partial charge in [0.05, 0.1) is 9.50 Å². The van der Waals surface area contributed by atoms with Crippen LogP contribution in [0.15, 0.2) is 22.7 Å². The van der Waals surface area contributed by atoms with Crippen LogP contribution in [-0.2, 0) is 9.53 Å². The second-order valence-electron chi connectivity index (χ2n) is 5.34. The summed E-state index contributed by atoms with van der Waals surface area (Å²) in [5.41, 5.74) is -0.639. The van der Waals surface area contributed by atoms with Gasteiger partial charge in [-0.05, 0) is 55.8 Å². The van der Waals surface area contributed by atoms with Crippen LogP contribution < -0.4 is 10.1 Å². The van der Waals surface area contributed by atoms with E-state index in [4.69, 9.17) is 21.1 Å². The summed E-state index contributed by atoms with van der Waals surface area (Å²) in [6, 6.07) is 4.14. The molecule has 1 amide bonds. The molecule has 0 spiro atoms. The minimum absolute atomic E-state index is 0.210. The molecule has 0 radical (unpaired) electrons. The number of alkyl carbamates (subject to hydrolysis) is 1. The van der Waals surface area contributed by atoms with Crippen LogP contribution >= 0.6 is 27.5 Å². The molecule has 0 fully saturated rings. The summed E-state index contributed by atoms with van der Waals surface area (Å²) in [6.45, 7) is 6.69. The zero-order valence-electron chi connectivity index (χ0n) is 12.2. The van der Waals surface area contributed by atoms with Crippen molar-refractivity contribution in [1.82, 2.24) is 5.32 Å². The standard InChI is InChI=1S/C14H17BrClNO4/c1-8(17-13(19)21-14(2,3)4)12(18)20-11-9(15)6-5-7-10(11)16/h5-8H,1-4H3,(H,17,19)/t8-/m0/s1. The molecule has 0 saturated carbocycles. The molecule has 116 valence electrons. The van der Waals surface area contributed by atoms with Crippen LogP contribution in [0, 0.1) is 0 Å². The lowest BCUT2D eigenvalue weighted by atomic mass is 10.2. The van der Waals surface area contributed by atoms with Crippen molar-refractivity contribution in [3.8, 4) is 5.75 Å². The molecule has 0 aromatic heterocycles. The fourth-order valence-corrected chi connectivity index (χ4v) is 2.09. The van der Waals surface area contributed by atoms with E-state index in [1.165, 1.54) is 6.92 Å². The van der Waals surface area contributed by atoms with Gasteiger partial charge in [0, 0.05) is 0 Å². The number of rotatable bonds is 3. The Morgan fingerprint density at radius 3 is 2.48 bits per heavy atom. The lowest BCUT2D eigenvalue weighted by Gasteiger charge is -2.21. The molecule has 1 aromatic carbocycles. The number of para-hydroxylation sites is 1. The maximum Gasteiger partial charge on any atom is 0.408 e. The monoisotopic (exact) mass is 377 g/mol. The summed E-state index contributed by atoms with van der Waals surface area (Å²) >= 11 is 9.19. The highest BCUT2D eigenvalue weighted by molar-refractivity contribution is 9.10. The number of amides is 1. The van der Waals surface area contributed by atoms with Gasteiger partial charge in [-0.15, -0.1) is 0 Å². The molecule has 1 rings (SSSR count). The maximum absolute atomic E-state index is 11.9. The fraction of sp³-hybridized carbons (Fsp3) is 0.429. The average molecular weight is 379 g/mol. The van der Waals surface area contributed by atoms with Crippen molar-refractivity contribution < 1.29 is 19.1 Å². The third-order valence-electron chi connectivity index (χ3n) is 2.21. The van der Waals surface area contributed by atoms with Crippen molar-refractivity contribution in [2.45, 2.75) is 39.3 Å². The lowest BCUT2D eigenvalue weighted by molar-refractivity contribution is -0.136. The predicted octanol–water partition coefficient (Wildman–Crippen LogP) is 3.92. The summed E-state index contributed by atoms with van der Waals surface area (Å²) in [6.07, 6.45) is -0.690. The number of ether oxygens (including phenoxy) is 2. The minimum atomic E-state index is -0.872. The van der Waals surface area contributed by atoms with E-state index in [1.807, 2.05) is 0 Å². The van der Waals surface area contributed by atoms with Crippen molar-refractivity contribution in [3.05, 3.63) is 27.7 Å². The van der Waals surface area contributed by atoms with Crippen molar-refractivity contribution in [1.29, 1.82) is 0 Å². The highest BCUT2D eigenvalue weighted by Gasteiger charge is 2.23. The van der Waals surface area contributed by atoms with Gasteiger partial charge in [0.2, 0.25) is 0 Å². The van der Waals surface area contributed by atoms with Crippen LogP contribution in [0.3, 0.4) is 0 Å². The molecule has 0 heterocycles. The van der Waals surface area contributed by atoms with Crippen LogP contribution in [0.1, 0.15) is 27.7 Å². The Bertz CT molecular complexity index is 522. The van der Waals surface area contributed by atoms with Gasteiger partial charge in [0.15, 0.2) is 5.75 Å². The molecule has 1 N–H and O–H groups in total. The zero-order valence-corrected chi connectivity index (χ0v) is 14.5. The molecule has 0 aliphatic carbocycles. The van der Waals surface area contributed by atoms with Crippen molar-refractivity contribution in [2.75, 3.05) is 0 Å². The molecule has 0 unspecified atom stereocenters. The van der Waals surface area contributed by atoms with Crippen molar-refractivity contribution >= 4 is 39.6 Å². The number of esters is 1. The van der Waals surface area contributed by atoms with Crippen LogP contribution in [0.2, 0.25) is 5.02 Å². The van der Waals surface area contributed by atoms with Gasteiger partial charge in [-0.3, -0.25) is 0 Å². The minimum Gasteiger partial charge on any atom is -0.444 e. The highest BCUT2D eigenvalue weighted by Crippen LogP contribution is 2.32. The topological polar surface area (TPSA) is 64.6 Å². The van der Waals surface area contributed by atoms with Gasteiger partial charge < -0.3 is 14.8 Å². The van der Waals surface area contributed by atoms with Gasteiger partial charge in [-0.2, -0.15) is 0 Å². The predicted molar refractivity (Wildman–Crippen MR) is 83.6 cm³/mol. The molecule has 0 aliphatic heterocycles. The Hall–Kier alpha value is -1.27. The SMILES string of the molecule is C[C@H](NC(=O)OC(C)(C)C)C(=O)Oc1c(Cl)cccc1Br. The first-order valence-electron chi connectivity index (χ1n) is 6.25. The van der Waals surface area contributed by atoms with E-state index < -0.39 is 23.7 Å². The summed E-state index contributed by atoms with van der Waals surface area (Å²) in [7, 11) is 0. The van der Waals surface area contributed by atoms with Crippen LogP contribution in [0.5, 0.6) is 5.75 Å². The molecule has 0 saturated heterocycles. The molecule has 7 heteroatoms.